The number of nitrogens with one attached hydrogen (secondary N) is 1. The number of hydrogen-bond acceptors (Lipinski definition) is 3. The summed E-state index contributed by atoms with van der Waals surface area (Å²) in [5, 5.41) is 0. The maximum Gasteiger partial charge on any atom is 0.203 e. The molecule has 0 saturated carbocycles. The van der Waals surface area contributed by atoms with Gasteiger partial charge in [0.1, 0.15) is 5.78 Å². The number of nitrogens with zero attached hydrogens (tertiary/aromatic N) is 2. The molecule has 0 spiro atoms. The van der Waals surface area contributed by atoms with E-state index in [1.54, 1.807) is 6.92 Å². The summed E-state index contributed by atoms with van der Waals surface area (Å²) in [6.07, 6.45) is 0.937. The van der Waals surface area contributed by atoms with Gasteiger partial charge in [-0.2, -0.15) is 0 Å². The summed E-state index contributed by atoms with van der Waals surface area (Å²) in [5.41, 5.74) is 2.03. The van der Waals surface area contributed by atoms with Gasteiger partial charge in [0.2, 0.25) is 5.95 Å². The highest BCUT2D eigenvalue weighted by molar-refractivity contribution is 5.80. The number of ketones is 1. The van der Waals surface area contributed by atoms with Gasteiger partial charge in [-0.1, -0.05) is 12.1 Å². The third-order valence-corrected chi connectivity index (χ3v) is 3.44. The number of H-pyrrole nitrogens is 1. The maximum absolute atomic E-state index is 11.3. The van der Waals surface area contributed by atoms with Crippen molar-refractivity contribution in [3.63, 3.8) is 0 Å². The van der Waals surface area contributed by atoms with Gasteiger partial charge >= 0.3 is 0 Å². The molecule has 0 radical (unpaired) electrons. The smallest absolute Gasteiger partial charge is 0.203 e. The van der Waals surface area contributed by atoms with Crippen LogP contribution < -0.4 is 4.90 Å². The van der Waals surface area contributed by atoms with Crippen LogP contribution in [-0.4, -0.2) is 28.8 Å². The summed E-state index contributed by atoms with van der Waals surface area (Å²) in [6, 6.07) is 7.99. The van der Waals surface area contributed by atoms with E-state index in [1.165, 1.54) is 0 Å². The van der Waals surface area contributed by atoms with Crippen LogP contribution in [0.3, 0.4) is 0 Å². The van der Waals surface area contributed by atoms with Gasteiger partial charge < -0.3 is 9.88 Å². The second-order valence-corrected chi connectivity index (χ2v) is 4.62. The quantitative estimate of drug-likeness (QED) is 0.856. The number of aromatic nitrogens is 2. The largest absolute Gasteiger partial charge is 0.342 e. The zero-order valence-electron chi connectivity index (χ0n) is 9.81. The van der Waals surface area contributed by atoms with Crippen LogP contribution in [0.15, 0.2) is 24.3 Å². The molecule has 0 bridgehead atoms. The van der Waals surface area contributed by atoms with Crippen molar-refractivity contribution in [1.29, 1.82) is 0 Å². The van der Waals surface area contributed by atoms with E-state index in [0.717, 1.165) is 36.5 Å². The molecule has 1 N–H and O–H groups in total. The Morgan fingerprint density at radius 1 is 1.47 bits per heavy atom. The molecule has 1 aromatic heterocycles. The molecule has 4 nitrogen and oxygen atoms in total. The van der Waals surface area contributed by atoms with Crippen LogP contribution in [0.4, 0.5) is 5.95 Å². The molecular formula is C13H15N3O. The third kappa shape index (κ3) is 1.79. The second-order valence-electron chi connectivity index (χ2n) is 4.62. The number of fused-ring (bicyclic) bond motifs is 1. The lowest BCUT2D eigenvalue weighted by Gasteiger charge is -2.13. The molecule has 88 valence electrons. The Hall–Kier alpha value is -1.84. The Morgan fingerprint density at radius 2 is 2.29 bits per heavy atom. The standard InChI is InChI=1S/C13H15N3O/c1-9(17)10-6-7-16(8-10)13-14-11-4-2-3-5-12(11)15-13/h2-5,10H,6-8H2,1H3,(H,14,15). The van der Waals surface area contributed by atoms with Crippen molar-refractivity contribution in [2.45, 2.75) is 13.3 Å². The summed E-state index contributed by atoms with van der Waals surface area (Å²) in [7, 11) is 0. The number of benzene rings is 1. The van der Waals surface area contributed by atoms with Crippen molar-refractivity contribution in [2.75, 3.05) is 18.0 Å². The van der Waals surface area contributed by atoms with Gasteiger partial charge in [-0.05, 0) is 25.5 Å². The van der Waals surface area contributed by atoms with Gasteiger partial charge in [0.25, 0.3) is 0 Å². The zero-order valence-corrected chi connectivity index (χ0v) is 9.81. The van der Waals surface area contributed by atoms with Gasteiger partial charge in [-0.15, -0.1) is 0 Å². The molecule has 17 heavy (non-hydrogen) atoms. The number of hydrogen-bond donors (Lipinski definition) is 1. The molecule has 4 heteroatoms. The van der Waals surface area contributed by atoms with Gasteiger partial charge in [0.15, 0.2) is 0 Å². The van der Waals surface area contributed by atoms with Gasteiger partial charge in [0, 0.05) is 19.0 Å². The van der Waals surface area contributed by atoms with E-state index < -0.39 is 0 Å². The molecule has 0 amide bonds. The highest BCUT2D eigenvalue weighted by Crippen LogP contribution is 2.24. The summed E-state index contributed by atoms with van der Waals surface area (Å²) in [4.78, 5) is 21.3. The van der Waals surface area contributed by atoms with E-state index in [2.05, 4.69) is 14.9 Å². The lowest BCUT2D eigenvalue weighted by molar-refractivity contribution is -0.120. The fraction of sp³-hybridized carbons (Fsp3) is 0.385. The van der Waals surface area contributed by atoms with E-state index in [4.69, 9.17) is 0 Å². The molecule has 1 aliphatic rings. The summed E-state index contributed by atoms with van der Waals surface area (Å²) < 4.78 is 0. The lowest BCUT2D eigenvalue weighted by Crippen LogP contribution is -2.22. The van der Waals surface area contributed by atoms with Gasteiger partial charge in [0.05, 0.1) is 11.0 Å². The molecule has 2 aromatic rings. The minimum atomic E-state index is 0.170. The average Bonchev–Trinajstić information content (AvgIpc) is 2.95. The number of anilines is 1. The minimum absolute atomic E-state index is 0.170. The monoisotopic (exact) mass is 229 g/mol. The van der Waals surface area contributed by atoms with E-state index in [-0.39, 0.29) is 11.7 Å². The molecule has 3 rings (SSSR count). The number of Topliss-reactive ketones (excluding diaryl/α,β-unsaturated/α-hetero) is 1. The van der Waals surface area contributed by atoms with E-state index in [9.17, 15) is 4.79 Å². The SMILES string of the molecule is CC(=O)C1CCN(c2nc3ccccc3[nH]2)C1. The summed E-state index contributed by atoms with van der Waals surface area (Å²) in [6.45, 7) is 3.37. The van der Waals surface area contributed by atoms with E-state index in [1.807, 2.05) is 24.3 Å². The first-order valence-corrected chi connectivity index (χ1v) is 5.94. The first-order valence-electron chi connectivity index (χ1n) is 5.94. The topological polar surface area (TPSA) is 49.0 Å². The van der Waals surface area contributed by atoms with Crippen molar-refractivity contribution in [1.82, 2.24) is 9.97 Å². The Bertz CT molecular complexity index is 528. The molecule has 1 fully saturated rings. The summed E-state index contributed by atoms with van der Waals surface area (Å²) >= 11 is 0. The first kappa shape index (κ1) is 10.3. The highest BCUT2D eigenvalue weighted by Gasteiger charge is 2.27. The Balaban J connectivity index is 1.87. The van der Waals surface area contributed by atoms with Crippen LogP contribution in [0.25, 0.3) is 11.0 Å². The molecule has 1 atom stereocenters. The normalized spacial score (nSPS) is 20.1. The van der Waals surface area contributed by atoms with Gasteiger partial charge in [-0.3, -0.25) is 4.79 Å². The van der Waals surface area contributed by atoms with Crippen LogP contribution in [0.1, 0.15) is 13.3 Å². The van der Waals surface area contributed by atoms with Crippen molar-refractivity contribution >= 4 is 22.8 Å². The Labute approximate surface area is 99.6 Å². The molecule has 1 saturated heterocycles. The van der Waals surface area contributed by atoms with Crippen molar-refractivity contribution in [2.24, 2.45) is 5.92 Å². The predicted molar refractivity (Wildman–Crippen MR) is 67.1 cm³/mol. The van der Waals surface area contributed by atoms with Crippen molar-refractivity contribution in [3.05, 3.63) is 24.3 Å². The number of rotatable bonds is 2. The van der Waals surface area contributed by atoms with Crippen LogP contribution in [0.5, 0.6) is 0 Å². The average molecular weight is 229 g/mol. The number of para-hydroxylation sites is 2. The maximum atomic E-state index is 11.3. The van der Waals surface area contributed by atoms with Crippen molar-refractivity contribution in [3.8, 4) is 0 Å². The number of carbonyl (C=O) groups excluding carboxylic acids is 1. The molecule has 0 aliphatic carbocycles. The number of carbonyl (C=O) groups is 1. The molecule has 1 aliphatic heterocycles. The highest BCUT2D eigenvalue weighted by atomic mass is 16.1. The van der Waals surface area contributed by atoms with Crippen LogP contribution in [0.2, 0.25) is 0 Å². The number of imidazole rings is 1. The Kier molecular flexibility index (Phi) is 2.35. The molecule has 1 unspecified atom stereocenters. The second kappa shape index (κ2) is 3.87. The first-order chi connectivity index (χ1) is 8.24. The Morgan fingerprint density at radius 3 is 3.00 bits per heavy atom. The fourth-order valence-corrected chi connectivity index (χ4v) is 2.37. The lowest BCUT2D eigenvalue weighted by atomic mass is 10.1. The minimum Gasteiger partial charge on any atom is -0.342 e. The molecule has 1 aromatic carbocycles. The van der Waals surface area contributed by atoms with E-state index in [0.29, 0.717) is 0 Å². The van der Waals surface area contributed by atoms with Crippen LogP contribution in [-0.2, 0) is 4.79 Å². The fourth-order valence-electron chi connectivity index (χ4n) is 2.37. The zero-order chi connectivity index (χ0) is 11.8. The van der Waals surface area contributed by atoms with Crippen LogP contribution >= 0.6 is 0 Å². The molecule has 2 heterocycles. The number of aromatic amines is 1. The third-order valence-electron chi connectivity index (χ3n) is 3.44. The summed E-state index contributed by atoms with van der Waals surface area (Å²) in [5.74, 6) is 1.33. The molecular weight excluding hydrogens is 214 g/mol. The predicted octanol–water partition coefficient (Wildman–Crippen LogP) is 1.98. The van der Waals surface area contributed by atoms with E-state index >= 15 is 0 Å². The van der Waals surface area contributed by atoms with Crippen molar-refractivity contribution < 1.29 is 4.79 Å². The van der Waals surface area contributed by atoms with Gasteiger partial charge in [-0.25, -0.2) is 4.98 Å². The van der Waals surface area contributed by atoms with Crippen LogP contribution in [0, 0.1) is 5.92 Å².